The van der Waals surface area contributed by atoms with Crippen LogP contribution in [0.1, 0.15) is 51.2 Å². The second-order valence-electron chi connectivity index (χ2n) is 9.89. The molecule has 2 aromatic rings. The molecule has 0 fully saturated rings. The highest BCUT2D eigenvalue weighted by atomic mass is 16.6. The third-order valence-corrected chi connectivity index (χ3v) is 5.69. The van der Waals surface area contributed by atoms with E-state index in [1.807, 2.05) is 24.3 Å². The van der Waals surface area contributed by atoms with Crippen molar-refractivity contribution >= 4 is 17.8 Å². The molecule has 0 saturated carbocycles. The number of aliphatic hydroxyl groups excluding tert-OH is 1. The van der Waals surface area contributed by atoms with Gasteiger partial charge in [0.05, 0.1) is 13.7 Å². The topological polar surface area (TPSA) is 128 Å². The quantitative estimate of drug-likeness (QED) is 0.206. The summed E-state index contributed by atoms with van der Waals surface area (Å²) in [5.41, 5.74) is 5.24. The van der Waals surface area contributed by atoms with Crippen LogP contribution in [0.4, 0.5) is 0 Å². The first kappa shape index (κ1) is 28.9. The maximum absolute atomic E-state index is 13.4. The van der Waals surface area contributed by atoms with Gasteiger partial charge in [-0.2, -0.15) is 0 Å². The fourth-order valence-electron chi connectivity index (χ4n) is 3.79. The summed E-state index contributed by atoms with van der Waals surface area (Å²) in [5, 5.41) is 8.91. The summed E-state index contributed by atoms with van der Waals surface area (Å²) in [6.45, 7) is 6.14. The number of hydrogen-bond donors (Lipinski definition) is 3. The number of carbonyl (C=O) groups excluding carboxylic acids is 2. The van der Waals surface area contributed by atoms with Crippen molar-refractivity contribution in [2.45, 2.75) is 57.7 Å². The summed E-state index contributed by atoms with van der Waals surface area (Å²) in [7, 11) is 1.59. The Morgan fingerprint density at radius 2 is 1.87 bits per heavy atom. The Balaban J connectivity index is 1.74. The molecular formula is C28H37N3O7. The van der Waals surface area contributed by atoms with E-state index in [9.17, 15) is 9.59 Å². The molecule has 38 heavy (non-hydrogen) atoms. The molecule has 1 atom stereocenters. The van der Waals surface area contributed by atoms with Gasteiger partial charge in [-0.3, -0.25) is 15.0 Å². The van der Waals surface area contributed by atoms with Crippen molar-refractivity contribution in [1.29, 1.82) is 0 Å². The smallest absolute Gasteiger partial charge is 0.306 e. The zero-order valence-electron chi connectivity index (χ0n) is 22.4. The Kier molecular flexibility index (Phi) is 10.1. The molecule has 0 spiro atoms. The van der Waals surface area contributed by atoms with Crippen LogP contribution in [0.25, 0.3) is 0 Å². The number of aliphatic imine (C=N–C) groups is 1. The van der Waals surface area contributed by atoms with Gasteiger partial charge >= 0.3 is 5.97 Å². The molecule has 10 nitrogen and oxygen atoms in total. The van der Waals surface area contributed by atoms with Gasteiger partial charge in [0.1, 0.15) is 23.7 Å². The highest BCUT2D eigenvalue weighted by Gasteiger charge is 2.45. The minimum Gasteiger partial charge on any atom is -0.496 e. The van der Waals surface area contributed by atoms with Gasteiger partial charge < -0.3 is 24.1 Å². The molecule has 0 aliphatic carbocycles. The second kappa shape index (κ2) is 13.3. The van der Waals surface area contributed by atoms with Crippen molar-refractivity contribution in [2.24, 2.45) is 4.99 Å². The van der Waals surface area contributed by atoms with Crippen molar-refractivity contribution < 1.29 is 33.6 Å². The zero-order valence-corrected chi connectivity index (χ0v) is 22.4. The van der Waals surface area contributed by atoms with Crippen LogP contribution >= 0.6 is 0 Å². The average Bonchev–Trinajstić information content (AvgIpc) is 3.33. The number of hydrogen-bond acceptors (Lipinski definition) is 9. The van der Waals surface area contributed by atoms with Crippen molar-refractivity contribution in [1.82, 2.24) is 10.9 Å². The molecular weight excluding hydrogens is 490 g/mol. The van der Waals surface area contributed by atoms with Crippen LogP contribution in [0, 0.1) is 0 Å². The Morgan fingerprint density at radius 3 is 2.55 bits per heavy atom. The van der Waals surface area contributed by atoms with Crippen LogP contribution in [0.2, 0.25) is 0 Å². The normalized spacial score (nSPS) is 16.8. The maximum atomic E-state index is 13.4. The summed E-state index contributed by atoms with van der Waals surface area (Å²) in [6, 6.07) is 14.6. The molecule has 10 heteroatoms. The van der Waals surface area contributed by atoms with Crippen molar-refractivity contribution in [2.75, 3.05) is 26.9 Å². The predicted octanol–water partition coefficient (Wildman–Crippen LogP) is 2.91. The van der Waals surface area contributed by atoms with Gasteiger partial charge in [-0.05, 0) is 57.5 Å². The molecule has 1 heterocycles. The van der Waals surface area contributed by atoms with Gasteiger partial charge in [0.15, 0.2) is 5.54 Å². The largest absolute Gasteiger partial charge is 0.496 e. The first-order valence-electron chi connectivity index (χ1n) is 12.6. The number of para-hydroxylation sites is 1. The predicted molar refractivity (Wildman–Crippen MR) is 142 cm³/mol. The lowest BCUT2D eigenvalue weighted by Crippen LogP contribution is -2.51. The van der Waals surface area contributed by atoms with E-state index in [1.54, 1.807) is 52.1 Å². The number of ether oxygens (including phenoxy) is 4. The first-order chi connectivity index (χ1) is 18.2. The van der Waals surface area contributed by atoms with Crippen molar-refractivity contribution in [3.63, 3.8) is 0 Å². The van der Waals surface area contributed by atoms with Gasteiger partial charge in [0, 0.05) is 37.1 Å². The van der Waals surface area contributed by atoms with E-state index in [4.69, 9.17) is 24.1 Å². The zero-order chi connectivity index (χ0) is 27.6. The summed E-state index contributed by atoms with van der Waals surface area (Å²) >= 11 is 0. The molecule has 0 radical (unpaired) electrons. The van der Waals surface area contributed by atoms with Crippen LogP contribution in [-0.2, 0) is 25.6 Å². The first-order valence-corrected chi connectivity index (χ1v) is 12.6. The number of carbonyl (C=O) groups is 2. The molecule has 1 aliphatic heterocycles. The minimum absolute atomic E-state index is 0.00499. The standard InChI is InChI=1S/C28H37N3O7/c1-27(2,3)38-24(33)14-15-28(26(34)31-29-18-21-8-5-6-9-23(21)35-4)19-37-25(30-28)20-10-12-22(13-11-20)36-17-7-16-32/h5-6,8-13,29,32H,7,14-19H2,1-4H3,(H,31,34)/t28-/m0/s1. The van der Waals surface area contributed by atoms with E-state index < -0.39 is 23.0 Å². The van der Waals surface area contributed by atoms with E-state index in [0.717, 1.165) is 5.56 Å². The number of nitrogens with one attached hydrogen (secondary N) is 2. The van der Waals surface area contributed by atoms with Crippen molar-refractivity contribution in [3.8, 4) is 11.5 Å². The maximum Gasteiger partial charge on any atom is 0.306 e. The van der Waals surface area contributed by atoms with E-state index in [1.165, 1.54) is 0 Å². The van der Waals surface area contributed by atoms with E-state index in [0.29, 0.717) is 42.5 Å². The van der Waals surface area contributed by atoms with Gasteiger partial charge in [0.25, 0.3) is 5.91 Å². The molecule has 206 valence electrons. The molecule has 0 unspecified atom stereocenters. The molecule has 3 rings (SSSR count). The number of rotatable bonds is 13. The number of aliphatic hydroxyl groups is 1. The Morgan fingerprint density at radius 1 is 1.13 bits per heavy atom. The third-order valence-electron chi connectivity index (χ3n) is 5.69. The lowest BCUT2D eigenvalue weighted by molar-refractivity contribution is -0.155. The van der Waals surface area contributed by atoms with Crippen LogP contribution < -0.4 is 20.3 Å². The van der Waals surface area contributed by atoms with E-state index in [2.05, 4.69) is 15.8 Å². The number of amides is 1. The lowest BCUT2D eigenvalue weighted by atomic mass is 9.94. The van der Waals surface area contributed by atoms with Crippen LogP contribution in [0.15, 0.2) is 53.5 Å². The Labute approximate surface area is 223 Å². The highest BCUT2D eigenvalue weighted by molar-refractivity contribution is 6.00. The molecule has 3 N–H and O–H groups in total. The minimum atomic E-state index is -1.32. The lowest BCUT2D eigenvalue weighted by Gasteiger charge is -2.24. The van der Waals surface area contributed by atoms with E-state index >= 15 is 0 Å². The third kappa shape index (κ3) is 8.19. The molecule has 2 aromatic carbocycles. The van der Waals surface area contributed by atoms with Gasteiger partial charge in [-0.1, -0.05) is 18.2 Å². The SMILES string of the molecule is COc1ccccc1CNNC(=O)[C@]1(CCC(=O)OC(C)(C)C)COC(c2ccc(OCCCO)cc2)=N1. The number of hydrazine groups is 1. The van der Waals surface area contributed by atoms with Gasteiger partial charge in [-0.15, -0.1) is 0 Å². The van der Waals surface area contributed by atoms with Crippen LogP contribution in [-0.4, -0.2) is 61.0 Å². The van der Waals surface area contributed by atoms with Crippen molar-refractivity contribution in [3.05, 3.63) is 59.7 Å². The van der Waals surface area contributed by atoms with Gasteiger partial charge in [-0.25, -0.2) is 10.4 Å². The second-order valence-corrected chi connectivity index (χ2v) is 9.89. The fraction of sp³-hybridized carbons (Fsp3) is 0.464. The summed E-state index contributed by atoms with van der Waals surface area (Å²) in [4.78, 5) is 30.5. The highest BCUT2D eigenvalue weighted by Crippen LogP contribution is 2.29. The molecule has 0 aromatic heterocycles. The summed E-state index contributed by atoms with van der Waals surface area (Å²) < 4.78 is 22.2. The van der Waals surface area contributed by atoms with Crippen LogP contribution in [0.3, 0.4) is 0 Å². The van der Waals surface area contributed by atoms with Crippen LogP contribution in [0.5, 0.6) is 11.5 Å². The van der Waals surface area contributed by atoms with Gasteiger partial charge in [0.2, 0.25) is 5.90 Å². The number of benzene rings is 2. The summed E-state index contributed by atoms with van der Waals surface area (Å²) in [5.74, 6) is 0.808. The fourth-order valence-corrected chi connectivity index (χ4v) is 3.79. The molecule has 0 bridgehead atoms. The number of nitrogens with zero attached hydrogens (tertiary/aromatic N) is 1. The monoisotopic (exact) mass is 527 g/mol. The number of methoxy groups -OCH3 is 1. The molecule has 1 aliphatic rings. The van der Waals surface area contributed by atoms with E-state index in [-0.39, 0.29) is 26.1 Å². The average molecular weight is 528 g/mol. The Hall–Kier alpha value is -3.63. The summed E-state index contributed by atoms with van der Waals surface area (Å²) in [6.07, 6.45) is 0.642. The Bertz CT molecular complexity index is 1110. The molecule has 1 amide bonds. The number of esters is 1. The molecule has 0 saturated heterocycles.